The molecular formula is C7H4F6O2. The summed E-state index contributed by atoms with van der Waals surface area (Å²) in [6, 6.07) is 0. The third-order valence-corrected chi connectivity index (χ3v) is 1.04. The Kier molecular flexibility index (Phi) is 4.38. The normalized spacial score (nSPS) is 15.3. The van der Waals surface area contributed by atoms with Crippen molar-refractivity contribution in [2.45, 2.75) is 12.5 Å². The third-order valence-electron chi connectivity index (χ3n) is 1.04. The van der Waals surface area contributed by atoms with Gasteiger partial charge in [0.2, 0.25) is 11.7 Å². The molecule has 0 spiro atoms. The number of allylic oxidation sites excluding steroid dienone is 1. The van der Waals surface area contributed by atoms with E-state index in [0.29, 0.717) is 6.08 Å². The SMILES string of the molecule is C=CC(=O)OC(F)/C(F)=C(\F)C(F)(F)F. The first-order valence-electron chi connectivity index (χ1n) is 3.29. The number of carbonyl (C=O) groups excluding carboxylic acids is 1. The van der Waals surface area contributed by atoms with Crippen molar-refractivity contribution < 1.29 is 35.9 Å². The number of ether oxygens (including phenoxy) is 1. The van der Waals surface area contributed by atoms with Gasteiger partial charge in [-0.2, -0.15) is 22.0 Å². The molecule has 0 heterocycles. The fourth-order valence-electron chi connectivity index (χ4n) is 0.437. The van der Waals surface area contributed by atoms with Crippen molar-refractivity contribution in [3.05, 3.63) is 24.3 Å². The minimum absolute atomic E-state index is 0.380. The molecule has 1 atom stereocenters. The summed E-state index contributed by atoms with van der Waals surface area (Å²) < 4.78 is 74.5. The Morgan fingerprint density at radius 2 is 1.80 bits per heavy atom. The lowest BCUT2D eigenvalue weighted by molar-refractivity contribution is -0.151. The average Bonchev–Trinajstić information content (AvgIpc) is 2.13. The Bertz CT molecular complexity index is 292. The minimum Gasteiger partial charge on any atom is -0.421 e. The fourth-order valence-corrected chi connectivity index (χ4v) is 0.437. The first kappa shape index (κ1) is 13.5. The highest BCUT2D eigenvalue weighted by atomic mass is 19.4. The maximum absolute atomic E-state index is 12.4. The van der Waals surface area contributed by atoms with Crippen LogP contribution in [0.5, 0.6) is 0 Å². The molecule has 0 aliphatic rings. The van der Waals surface area contributed by atoms with Crippen LogP contribution in [0, 0.1) is 0 Å². The van der Waals surface area contributed by atoms with E-state index in [2.05, 4.69) is 11.3 Å². The van der Waals surface area contributed by atoms with Crippen LogP contribution in [-0.4, -0.2) is 18.5 Å². The van der Waals surface area contributed by atoms with Gasteiger partial charge in [-0.3, -0.25) is 0 Å². The van der Waals surface area contributed by atoms with E-state index in [4.69, 9.17) is 0 Å². The highest BCUT2D eigenvalue weighted by molar-refractivity contribution is 5.81. The van der Waals surface area contributed by atoms with Crippen molar-refractivity contribution in [3.63, 3.8) is 0 Å². The van der Waals surface area contributed by atoms with E-state index in [9.17, 15) is 31.1 Å². The zero-order chi connectivity index (χ0) is 12.2. The number of alkyl halides is 4. The molecule has 15 heavy (non-hydrogen) atoms. The summed E-state index contributed by atoms with van der Waals surface area (Å²) in [5.41, 5.74) is 0. The Morgan fingerprint density at radius 3 is 2.13 bits per heavy atom. The molecule has 0 aromatic carbocycles. The molecular weight excluding hydrogens is 230 g/mol. The monoisotopic (exact) mass is 234 g/mol. The first-order valence-corrected chi connectivity index (χ1v) is 3.29. The van der Waals surface area contributed by atoms with Crippen molar-refractivity contribution in [2.75, 3.05) is 0 Å². The second kappa shape index (κ2) is 4.85. The molecule has 0 aromatic heterocycles. The lowest BCUT2D eigenvalue weighted by Crippen LogP contribution is -2.18. The summed E-state index contributed by atoms with van der Waals surface area (Å²) in [5.74, 6) is -7.66. The fraction of sp³-hybridized carbons (Fsp3) is 0.286. The molecule has 0 aromatic rings. The van der Waals surface area contributed by atoms with Gasteiger partial charge in [-0.05, 0) is 0 Å². The lowest BCUT2D eigenvalue weighted by Gasteiger charge is -2.08. The maximum Gasteiger partial charge on any atom is 0.445 e. The standard InChI is InChI=1S/C7H4F6O2/c1-2-3(14)15-6(10)4(8)5(9)7(11,12)13/h2,6H,1H2/b5-4+. The van der Waals surface area contributed by atoms with Gasteiger partial charge in [0.05, 0.1) is 0 Å². The number of carbonyl (C=O) groups is 1. The van der Waals surface area contributed by atoms with Gasteiger partial charge in [0.15, 0.2) is 0 Å². The van der Waals surface area contributed by atoms with E-state index in [-0.39, 0.29) is 0 Å². The quantitative estimate of drug-likeness (QED) is 0.426. The van der Waals surface area contributed by atoms with E-state index >= 15 is 0 Å². The zero-order valence-electron chi connectivity index (χ0n) is 6.95. The predicted octanol–water partition coefficient (Wildman–Crippen LogP) is 2.72. The lowest BCUT2D eigenvalue weighted by atomic mass is 10.4. The molecule has 0 radical (unpaired) electrons. The van der Waals surface area contributed by atoms with Gasteiger partial charge in [-0.1, -0.05) is 6.58 Å². The number of esters is 1. The summed E-state index contributed by atoms with van der Waals surface area (Å²) >= 11 is 0. The molecule has 0 saturated heterocycles. The summed E-state index contributed by atoms with van der Waals surface area (Å²) in [4.78, 5) is 10.2. The topological polar surface area (TPSA) is 26.3 Å². The van der Waals surface area contributed by atoms with E-state index in [0.717, 1.165) is 0 Å². The Balaban J connectivity index is 4.76. The molecule has 8 heteroatoms. The van der Waals surface area contributed by atoms with Crippen LogP contribution < -0.4 is 0 Å². The predicted molar refractivity (Wildman–Crippen MR) is 36.5 cm³/mol. The summed E-state index contributed by atoms with van der Waals surface area (Å²) in [6.45, 7) is 2.77. The molecule has 0 amide bonds. The van der Waals surface area contributed by atoms with Crippen molar-refractivity contribution in [1.29, 1.82) is 0 Å². The maximum atomic E-state index is 12.4. The Hall–Kier alpha value is -1.47. The van der Waals surface area contributed by atoms with Gasteiger partial charge in [0, 0.05) is 6.08 Å². The number of rotatable bonds is 3. The van der Waals surface area contributed by atoms with Crippen molar-refractivity contribution >= 4 is 5.97 Å². The number of halogens is 6. The molecule has 2 nitrogen and oxygen atoms in total. The summed E-state index contributed by atoms with van der Waals surface area (Å²) in [7, 11) is 0. The molecule has 0 fully saturated rings. The third kappa shape index (κ3) is 4.05. The van der Waals surface area contributed by atoms with Crippen LogP contribution in [0.1, 0.15) is 0 Å². The van der Waals surface area contributed by atoms with E-state index in [1.54, 1.807) is 0 Å². The summed E-state index contributed by atoms with van der Waals surface area (Å²) in [6.07, 6.45) is -8.74. The van der Waals surface area contributed by atoms with Crippen molar-refractivity contribution in [2.24, 2.45) is 0 Å². The van der Waals surface area contributed by atoms with Gasteiger partial charge in [-0.15, -0.1) is 0 Å². The minimum atomic E-state index is -5.67. The van der Waals surface area contributed by atoms with Crippen LogP contribution in [0.15, 0.2) is 24.3 Å². The Labute approximate surface area is 79.8 Å². The van der Waals surface area contributed by atoms with Crippen LogP contribution >= 0.6 is 0 Å². The second-order valence-corrected chi connectivity index (χ2v) is 2.12. The van der Waals surface area contributed by atoms with Crippen LogP contribution in [0.2, 0.25) is 0 Å². The van der Waals surface area contributed by atoms with Gasteiger partial charge >= 0.3 is 12.1 Å². The molecule has 86 valence electrons. The molecule has 0 N–H and O–H groups in total. The van der Waals surface area contributed by atoms with Crippen LogP contribution in [-0.2, 0) is 9.53 Å². The zero-order valence-corrected chi connectivity index (χ0v) is 6.95. The van der Waals surface area contributed by atoms with E-state index in [1.807, 2.05) is 0 Å². The molecule has 0 aliphatic carbocycles. The smallest absolute Gasteiger partial charge is 0.421 e. The highest BCUT2D eigenvalue weighted by Gasteiger charge is 2.41. The van der Waals surface area contributed by atoms with Gasteiger partial charge in [0.25, 0.3) is 6.36 Å². The Morgan fingerprint density at radius 1 is 1.33 bits per heavy atom. The molecule has 1 unspecified atom stereocenters. The van der Waals surface area contributed by atoms with Crippen molar-refractivity contribution in [3.8, 4) is 0 Å². The van der Waals surface area contributed by atoms with E-state index < -0.39 is 30.2 Å². The molecule has 0 saturated carbocycles. The van der Waals surface area contributed by atoms with Gasteiger partial charge in [0.1, 0.15) is 0 Å². The van der Waals surface area contributed by atoms with Crippen molar-refractivity contribution in [1.82, 2.24) is 0 Å². The van der Waals surface area contributed by atoms with Crippen LogP contribution in [0.4, 0.5) is 26.3 Å². The number of hydrogen-bond acceptors (Lipinski definition) is 2. The summed E-state index contributed by atoms with van der Waals surface area (Å²) in [5, 5.41) is 0. The first-order chi connectivity index (χ1) is 6.70. The van der Waals surface area contributed by atoms with Gasteiger partial charge < -0.3 is 4.74 Å². The second-order valence-electron chi connectivity index (χ2n) is 2.12. The molecule has 0 aliphatic heterocycles. The van der Waals surface area contributed by atoms with E-state index in [1.165, 1.54) is 0 Å². The van der Waals surface area contributed by atoms with Crippen LogP contribution in [0.25, 0.3) is 0 Å². The van der Waals surface area contributed by atoms with Crippen LogP contribution in [0.3, 0.4) is 0 Å². The highest BCUT2D eigenvalue weighted by Crippen LogP contribution is 2.31. The molecule has 0 rings (SSSR count). The molecule has 0 bridgehead atoms. The largest absolute Gasteiger partial charge is 0.445 e. The number of hydrogen-bond donors (Lipinski definition) is 0. The van der Waals surface area contributed by atoms with Gasteiger partial charge in [-0.25, -0.2) is 9.18 Å². The average molecular weight is 234 g/mol.